The summed E-state index contributed by atoms with van der Waals surface area (Å²) in [7, 11) is 0. The van der Waals surface area contributed by atoms with E-state index in [1.54, 1.807) is 6.07 Å². The Labute approximate surface area is 130 Å². The molecule has 120 valence electrons. The third-order valence-corrected chi connectivity index (χ3v) is 3.62. The van der Waals surface area contributed by atoms with Gasteiger partial charge < -0.3 is 10.1 Å². The quantitative estimate of drug-likeness (QED) is 0.549. The molecule has 0 aliphatic carbocycles. The lowest BCUT2D eigenvalue weighted by Crippen LogP contribution is -2.32. The molecule has 0 radical (unpaired) electrons. The molecule has 1 aromatic rings. The highest BCUT2D eigenvalue weighted by Gasteiger charge is 2.27. The summed E-state index contributed by atoms with van der Waals surface area (Å²) in [5, 5.41) is 3.17. The number of hydrogen-bond donors (Lipinski definition) is 1. The minimum Gasteiger partial charge on any atom is -0.372 e. The SMILES string of the molecule is CCNC(CCOCC(F)(F)F)Cc1cc(F)ccc1Br. The van der Waals surface area contributed by atoms with Crippen LogP contribution in [0.25, 0.3) is 0 Å². The normalized spacial score (nSPS) is 13.4. The fourth-order valence-corrected chi connectivity index (χ4v) is 2.35. The van der Waals surface area contributed by atoms with E-state index in [0.717, 1.165) is 10.0 Å². The van der Waals surface area contributed by atoms with Crippen molar-refractivity contribution in [3.8, 4) is 0 Å². The van der Waals surface area contributed by atoms with Gasteiger partial charge in [0.25, 0.3) is 0 Å². The molecule has 21 heavy (non-hydrogen) atoms. The van der Waals surface area contributed by atoms with Crippen LogP contribution in [0.5, 0.6) is 0 Å². The molecule has 0 aliphatic heterocycles. The van der Waals surface area contributed by atoms with Crippen LogP contribution in [0.15, 0.2) is 22.7 Å². The van der Waals surface area contributed by atoms with Crippen molar-refractivity contribution in [2.75, 3.05) is 19.8 Å². The van der Waals surface area contributed by atoms with Crippen molar-refractivity contribution >= 4 is 15.9 Å². The Morgan fingerprint density at radius 1 is 1.33 bits per heavy atom. The summed E-state index contributed by atoms with van der Waals surface area (Å²) < 4.78 is 54.6. The first-order chi connectivity index (χ1) is 9.81. The molecule has 7 heteroatoms. The molecule has 1 atom stereocenters. The molecular formula is C14H18BrF4NO. The highest BCUT2D eigenvalue weighted by Crippen LogP contribution is 2.20. The number of halogens is 5. The molecule has 1 unspecified atom stereocenters. The lowest BCUT2D eigenvalue weighted by atomic mass is 10.0. The van der Waals surface area contributed by atoms with Crippen LogP contribution in [-0.2, 0) is 11.2 Å². The zero-order chi connectivity index (χ0) is 15.9. The fraction of sp³-hybridized carbons (Fsp3) is 0.571. The Balaban J connectivity index is 2.51. The van der Waals surface area contributed by atoms with Gasteiger partial charge in [0.1, 0.15) is 12.4 Å². The second-order valence-corrected chi connectivity index (χ2v) is 5.51. The van der Waals surface area contributed by atoms with Gasteiger partial charge in [0.05, 0.1) is 0 Å². The maximum Gasteiger partial charge on any atom is 0.411 e. The van der Waals surface area contributed by atoms with Gasteiger partial charge in [-0.05, 0) is 43.1 Å². The highest BCUT2D eigenvalue weighted by atomic mass is 79.9. The zero-order valence-electron chi connectivity index (χ0n) is 11.6. The molecule has 0 aliphatic rings. The molecule has 0 aromatic heterocycles. The van der Waals surface area contributed by atoms with Crippen LogP contribution in [0.1, 0.15) is 18.9 Å². The van der Waals surface area contributed by atoms with Crippen molar-refractivity contribution in [2.24, 2.45) is 0 Å². The Morgan fingerprint density at radius 2 is 2.05 bits per heavy atom. The van der Waals surface area contributed by atoms with Crippen LogP contribution in [0, 0.1) is 5.82 Å². The minimum atomic E-state index is -4.31. The summed E-state index contributed by atoms with van der Waals surface area (Å²) >= 11 is 3.34. The first-order valence-electron chi connectivity index (χ1n) is 6.63. The largest absolute Gasteiger partial charge is 0.411 e. The highest BCUT2D eigenvalue weighted by molar-refractivity contribution is 9.10. The summed E-state index contributed by atoms with van der Waals surface area (Å²) in [6, 6.07) is 4.32. The molecule has 0 spiro atoms. The Kier molecular flexibility index (Phi) is 7.62. The number of rotatable bonds is 8. The van der Waals surface area contributed by atoms with Crippen LogP contribution in [0.3, 0.4) is 0 Å². The van der Waals surface area contributed by atoms with E-state index in [2.05, 4.69) is 26.0 Å². The number of ether oxygens (including phenoxy) is 1. The average molecular weight is 372 g/mol. The van der Waals surface area contributed by atoms with Crippen molar-refractivity contribution in [3.63, 3.8) is 0 Å². The molecule has 2 nitrogen and oxygen atoms in total. The van der Waals surface area contributed by atoms with Crippen molar-refractivity contribution < 1.29 is 22.3 Å². The van der Waals surface area contributed by atoms with Crippen LogP contribution in [-0.4, -0.2) is 32.0 Å². The third kappa shape index (κ3) is 7.78. The fourth-order valence-electron chi connectivity index (χ4n) is 1.94. The van der Waals surface area contributed by atoms with Crippen molar-refractivity contribution in [2.45, 2.75) is 32.0 Å². The van der Waals surface area contributed by atoms with Crippen LogP contribution < -0.4 is 5.32 Å². The van der Waals surface area contributed by atoms with E-state index in [1.807, 2.05) is 6.92 Å². The number of nitrogens with one attached hydrogen (secondary N) is 1. The molecule has 1 rings (SSSR count). The lowest BCUT2D eigenvalue weighted by Gasteiger charge is -2.19. The van der Waals surface area contributed by atoms with Crippen LogP contribution >= 0.6 is 15.9 Å². The minimum absolute atomic E-state index is 0.00408. The number of alkyl halides is 3. The molecule has 0 fully saturated rings. The first-order valence-corrected chi connectivity index (χ1v) is 7.43. The van der Waals surface area contributed by atoms with Crippen LogP contribution in [0.2, 0.25) is 0 Å². The van der Waals surface area contributed by atoms with Crippen molar-refractivity contribution in [1.29, 1.82) is 0 Å². The van der Waals surface area contributed by atoms with Crippen molar-refractivity contribution in [3.05, 3.63) is 34.1 Å². The van der Waals surface area contributed by atoms with E-state index in [9.17, 15) is 17.6 Å². The van der Waals surface area contributed by atoms with E-state index in [0.29, 0.717) is 19.4 Å². The van der Waals surface area contributed by atoms with E-state index in [-0.39, 0.29) is 18.5 Å². The molecule has 0 saturated heterocycles. The second kappa shape index (κ2) is 8.70. The number of benzene rings is 1. The molecular weight excluding hydrogens is 354 g/mol. The monoisotopic (exact) mass is 371 g/mol. The molecule has 1 N–H and O–H groups in total. The average Bonchev–Trinajstić information content (AvgIpc) is 2.38. The Hall–Kier alpha value is -0.660. The topological polar surface area (TPSA) is 21.3 Å². The standard InChI is InChI=1S/C14H18BrF4NO/c1-2-20-12(5-6-21-9-14(17,18)19)8-10-7-11(16)3-4-13(10)15/h3-4,7,12,20H,2,5-6,8-9H2,1H3. The van der Waals surface area contributed by atoms with E-state index in [1.165, 1.54) is 12.1 Å². The maximum atomic E-state index is 13.2. The first kappa shape index (κ1) is 18.4. The van der Waals surface area contributed by atoms with Gasteiger partial charge in [-0.2, -0.15) is 13.2 Å². The van der Waals surface area contributed by atoms with Gasteiger partial charge in [-0.1, -0.05) is 22.9 Å². The summed E-state index contributed by atoms with van der Waals surface area (Å²) in [4.78, 5) is 0. The van der Waals surface area contributed by atoms with Crippen molar-refractivity contribution in [1.82, 2.24) is 5.32 Å². The molecule has 0 bridgehead atoms. The molecule has 0 heterocycles. The van der Waals surface area contributed by atoms with Gasteiger partial charge in [-0.3, -0.25) is 0 Å². The third-order valence-electron chi connectivity index (χ3n) is 2.84. The van der Waals surface area contributed by atoms with Gasteiger partial charge in [0.15, 0.2) is 0 Å². The Morgan fingerprint density at radius 3 is 2.67 bits per heavy atom. The van der Waals surface area contributed by atoms with Crippen LogP contribution in [0.4, 0.5) is 17.6 Å². The lowest BCUT2D eigenvalue weighted by molar-refractivity contribution is -0.174. The smallest absolute Gasteiger partial charge is 0.372 e. The zero-order valence-corrected chi connectivity index (χ0v) is 13.2. The van der Waals surface area contributed by atoms with Gasteiger partial charge in [0, 0.05) is 17.1 Å². The predicted octanol–water partition coefficient (Wildman–Crippen LogP) is 4.08. The van der Waals surface area contributed by atoms with Gasteiger partial charge >= 0.3 is 6.18 Å². The van der Waals surface area contributed by atoms with Gasteiger partial charge in [-0.15, -0.1) is 0 Å². The van der Waals surface area contributed by atoms with E-state index in [4.69, 9.17) is 0 Å². The van der Waals surface area contributed by atoms with E-state index < -0.39 is 12.8 Å². The predicted molar refractivity (Wildman–Crippen MR) is 76.8 cm³/mol. The summed E-state index contributed by atoms with van der Waals surface area (Å²) in [6.45, 7) is 1.35. The summed E-state index contributed by atoms with van der Waals surface area (Å²) in [5.41, 5.74) is 0.775. The summed E-state index contributed by atoms with van der Waals surface area (Å²) in [5.74, 6) is -0.336. The Bertz CT molecular complexity index is 439. The molecule has 1 aromatic carbocycles. The van der Waals surface area contributed by atoms with Gasteiger partial charge in [0.2, 0.25) is 0 Å². The molecule has 0 amide bonds. The second-order valence-electron chi connectivity index (χ2n) is 4.65. The number of hydrogen-bond acceptors (Lipinski definition) is 2. The molecule has 0 saturated carbocycles. The maximum absolute atomic E-state index is 13.2. The van der Waals surface area contributed by atoms with Gasteiger partial charge in [-0.25, -0.2) is 4.39 Å². The van der Waals surface area contributed by atoms with E-state index >= 15 is 0 Å². The summed E-state index contributed by atoms with van der Waals surface area (Å²) in [6.07, 6.45) is -3.37. The number of likely N-dealkylation sites (N-methyl/N-ethyl adjacent to an activating group) is 1.